The zero-order valence-corrected chi connectivity index (χ0v) is 14.6. The number of rotatable bonds is 7. The molecule has 24 heavy (non-hydrogen) atoms. The minimum atomic E-state index is -0.0596. The lowest BCUT2D eigenvalue weighted by Gasteiger charge is -2.19. The number of aliphatic hydroxyl groups is 1. The summed E-state index contributed by atoms with van der Waals surface area (Å²) in [4.78, 5) is 18.2. The predicted octanol–water partition coefficient (Wildman–Crippen LogP) is 3.36. The molecular formula is C19H22N2O2S. The van der Waals surface area contributed by atoms with Gasteiger partial charge < -0.3 is 10.4 Å². The van der Waals surface area contributed by atoms with Crippen molar-refractivity contribution in [1.29, 1.82) is 0 Å². The molecule has 1 aliphatic carbocycles. The number of hydrogen-bond donors (Lipinski definition) is 2. The maximum atomic E-state index is 12.6. The number of nitrogens with zero attached hydrogens (tertiary/aromatic N) is 1. The van der Waals surface area contributed by atoms with E-state index < -0.39 is 0 Å². The van der Waals surface area contributed by atoms with Crippen LogP contribution in [0.15, 0.2) is 47.5 Å². The van der Waals surface area contributed by atoms with Gasteiger partial charge in [-0.2, -0.15) is 0 Å². The van der Waals surface area contributed by atoms with Crippen LogP contribution in [0.3, 0.4) is 0 Å². The Kier molecular flexibility index (Phi) is 5.53. The van der Waals surface area contributed by atoms with Crippen LogP contribution in [0, 0.1) is 12.8 Å². The third-order valence-corrected chi connectivity index (χ3v) is 5.19. The van der Waals surface area contributed by atoms with Crippen molar-refractivity contribution in [3.63, 3.8) is 0 Å². The van der Waals surface area contributed by atoms with Crippen LogP contribution in [0.5, 0.6) is 0 Å². The van der Waals surface area contributed by atoms with Gasteiger partial charge in [0.15, 0.2) is 0 Å². The van der Waals surface area contributed by atoms with Crippen molar-refractivity contribution in [2.45, 2.75) is 30.7 Å². The van der Waals surface area contributed by atoms with Crippen LogP contribution in [0.25, 0.3) is 0 Å². The summed E-state index contributed by atoms with van der Waals surface area (Å²) in [6, 6.07) is 11.5. The fourth-order valence-electron chi connectivity index (χ4n) is 2.75. The van der Waals surface area contributed by atoms with Gasteiger partial charge in [-0.15, -0.1) is 11.8 Å². The van der Waals surface area contributed by atoms with E-state index in [1.807, 2.05) is 43.3 Å². The number of aryl methyl sites for hydroxylation is 1. The smallest absolute Gasteiger partial charge is 0.251 e. The molecule has 1 heterocycles. The van der Waals surface area contributed by atoms with Crippen molar-refractivity contribution in [2.75, 3.05) is 12.4 Å². The lowest BCUT2D eigenvalue weighted by Crippen LogP contribution is -2.31. The lowest BCUT2D eigenvalue weighted by molar-refractivity contribution is 0.0930. The van der Waals surface area contributed by atoms with Crippen molar-refractivity contribution in [3.8, 4) is 0 Å². The van der Waals surface area contributed by atoms with Crippen molar-refractivity contribution in [1.82, 2.24) is 10.3 Å². The molecule has 3 rings (SSSR count). The molecule has 5 heteroatoms. The van der Waals surface area contributed by atoms with Crippen LogP contribution in [0.2, 0.25) is 0 Å². The number of carbonyl (C=O) groups is 1. The first-order chi connectivity index (χ1) is 11.7. The van der Waals surface area contributed by atoms with E-state index in [0.29, 0.717) is 17.2 Å². The van der Waals surface area contributed by atoms with Gasteiger partial charge in [-0.05, 0) is 61.6 Å². The van der Waals surface area contributed by atoms with E-state index in [0.717, 1.165) is 29.0 Å². The Morgan fingerprint density at radius 3 is 2.71 bits per heavy atom. The standard InChI is InChI=1S/C19H22N2O2S/c1-13-3-2-10-20-17(13)18(14-4-5-14)21-19(23)15-6-8-16(9-7-15)24-12-11-22/h2-3,6-10,14,18,22H,4-5,11-12H2,1H3,(H,21,23)/t18-/m0/s1. The number of thioether (sulfide) groups is 1. The summed E-state index contributed by atoms with van der Waals surface area (Å²) in [5, 5.41) is 12.0. The Labute approximate surface area is 146 Å². The quantitative estimate of drug-likeness (QED) is 0.758. The Morgan fingerprint density at radius 2 is 2.08 bits per heavy atom. The topological polar surface area (TPSA) is 62.2 Å². The first-order valence-electron chi connectivity index (χ1n) is 8.25. The minimum absolute atomic E-state index is 0.0119. The molecule has 1 aromatic heterocycles. The van der Waals surface area contributed by atoms with Crippen LogP contribution in [0.4, 0.5) is 0 Å². The van der Waals surface area contributed by atoms with Crippen LogP contribution < -0.4 is 5.32 Å². The van der Waals surface area contributed by atoms with Crippen LogP contribution in [0.1, 0.15) is 40.5 Å². The number of aliphatic hydroxyl groups excluding tert-OH is 1. The number of hydrogen-bond acceptors (Lipinski definition) is 4. The summed E-state index contributed by atoms with van der Waals surface area (Å²) in [6.45, 7) is 2.19. The summed E-state index contributed by atoms with van der Waals surface area (Å²) in [6.07, 6.45) is 4.06. The Hall–Kier alpha value is -1.85. The highest BCUT2D eigenvalue weighted by molar-refractivity contribution is 7.99. The summed E-state index contributed by atoms with van der Waals surface area (Å²) in [5.74, 6) is 1.09. The molecule has 0 saturated heterocycles. The van der Waals surface area contributed by atoms with Gasteiger partial charge in [0.1, 0.15) is 0 Å². The fraction of sp³-hybridized carbons (Fsp3) is 0.368. The van der Waals surface area contributed by atoms with Gasteiger partial charge >= 0.3 is 0 Å². The maximum Gasteiger partial charge on any atom is 0.251 e. The number of carbonyl (C=O) groups excluding carboxylic acids is 1. The molecule has 1 saturated carbocycles. The van der Waals surface area contributed by atoms with E-state index in [-0.39, 0.29) is 18.6 Å². The molecule has 1 amide bonds. The van der Waals surface area contributed by atoms with Crippen molar-refractivity contribution < 1.29 is 9.90 Å². The van der Waals surface area contributed by atoms with Gasteiger partial charge in [0.05, 0.1) is 18.3 Å². The van der Waals surface area contributed by atoms with Gasteiger partial charge in [0.25, 0.3) is 5.91 Å². The van der Waals surface area contributed by atoms with Crippen LogP contribution in [-0.2, 0) is 0 Å². The SMILES string of the molecule is Cc1cccnc1[C@@H](NC(=O)c1ccc(SCCO)cc1)C1CC1. The molecule has 0 aliphatic heterocycles. The average molecular weight is 342 g/mol. The molecule has 1 atom stereocenters. The van der Waals surface area contributed by atoms with Gasteiger partial charge in [-0.25, -0.2) is 0 Å². The number of aromatic nitrogens is 1. The molecule has 0 bridgehead atoms. The first-order valence-corrected chi connectivity index (χ1v) is 9.23. The molecule has 126 valence electrons. The molecule has 0 unspecified atom stereocenters. The fourth-order valence-corrected chi connectivity index (χ4v) is 3.41. The number of amides is 1. The zero-order valence-electron chi connectivity index (χ0n) is 13.7. The molecule has 4 nitrogen and oxygen atoms in total. The van der Waals surface area contributed by atoms with Crippen molar-refractivity contribution in [2.24, 2.45) is 5.92 Å². The third-order valence-electron chi connectivity index (χ3n) is 4.20. The van der Waals surface area contributed by atoms with E-state index in [1.54, 1.807) is 18.0 Å². The molecular weight excluding hydrogens is 320 g/mol. The predicted molar refractivity (Wildman–Crippen MR) is 96.2 cm³/mol. The molecule has 1 aromatic carbocycles. The normalized spacial score (nSPS) is 15.1. The summed E-state index contributed by atoms with van der Waals surface area (Å²) >= 11 is 1.58. The van der Waals surface area contributed by atoms with Gasteiger partial charge in [0, 0.05) is 22.4 Å². The second kappa shape index (κ2) is 7.81. The van der Waals surface area contributed by atoms with Crippen molar-refractivity contribution in [3.05, 3.63) is 59.4 Å². The molecule has 0 spiro atoms. The summed E-state index contributed by atoms with van der Waals surface area (Å²) < 4.78 is 0. The van der Waals surface area contributed by atoms with E-state index in [9.17, 15) is 4.79 Å². The summed E-state index contributed by atoms with van der Waals surface area (Å²) in [5.41, 5.74) is 2.75. The lowest BCUT2D eigenvalue weighted by atomic mass is 10.0. The largest absolute Gasteiger partial charge is 0.396 e. The van der Waals surface area contributed by atoms with E-state index in [4.69, 9.17) is 5.11 Å². The Bertz CT molecular complexity index is 699. The van der Waals surface area contributed by atoms with E-state index in [1.165, 1.54) is 0 Å². The second-order valence-electron chi connectivity index (χ2n) is 6.09. The Balaban J connectivity index is 1.71. The second-order valence-corrected chi connectivity index (χ2v) is 7.26. The molecule has 2 aromatic rings. The third kappa shape index (κ3) is 4.16. The Morgan fingerprint density at radius 1 is 1.33 bits per heavy atom. The zero-order chi connectivity index (χ0) is 16.9. The van der Waals surface area contributed by atoms with Crippen molar-refractivity contribution >= 4 is 17.7 Å². The average Bonchev–Trinajstić information content (AvgIpc) is 3.44. The van der Waals surface area contributed by atoms with Gasteiger partial charge in [0.2, 0.25) is 0 Å². The number of benzene rings is 1. The molecule has 1 fully saturated rings. The molecule has 2 N–H and O–H groups in total. The number of nitrogens with one attached hydrogen (secondary N) is 1. The highest BCUT2D eigenvalue weighted by atomic mass is 32.2. The van der Waals surface area contributed by atoms with Crippen LogP contribution in [-0.4, -0.2) is 28.4 Å². The minimum Gasteiger partial charge on any atom is -0.396 e. The first kappa shape index (κ1) is 17.0. The van der Waals surface area contributed by atoms with Crippen LogP contribution >= 0.6 is 11.8 Å². The van der Waals surface area contributed by atoms with E-state index in [2.05, 4.69) is 10.3 Å². The highest BCUT2D eigenvalue weighted by Gasteiger charge is 2.35. The van der Waals surface area contributed by atoms with Gasteiger partial charge in [-0.1, -0.05) is 6.07 Å². The molecule has 1 aliphatic rings. The maximum absolute atomic E-state index is 12.6. The monoisotopic (exact) mass is 342 g/mol. The van der Waals surface area contributed by atoms with E-state index >= 15 is 0 Å². The van der Waals surface area contributed by atoms with Gasteiger partial charge in [-0.3, -0.25) is 9.78 Å². The summed E-state index contributed by atoms with van der Waals surface area (Å²) in [7, 11) is 0. The molecule has 0 radical (unpaired) electrons. The highest BCUT2D eigenvalue weighted by Crippen LogP contribution is 2.41. The number of pyridine rings is 1.